The quantitative estimate of drug-likeness (QED) is 0.775. The molecule has 1 aromatic heterocycles. The maximum absolute atomic E-state index is 10.4. The van der Waals surface area contributed by atoms with Crippen LogP contribution in [0.2, 0.25) is 0 Å². The van der Waals surface area contributed by atoms with E-state index in [1.54, 1.807) is 4.68 Å². The van der Waals surface area contributed by atoms with Crippen LogP contribution >= 0.6 is 0 Å². The summed E-state index contributed by atoms with van der Waals surface area (Å²) in [4.78, 5) is 15.1. The van der Waals surface area contributed by atoms with Crippen molar-refractivity contribution in [3.63, 3.8) is 0 Å². The summed E-state index contributed by atoms with van der Waals surface area (Å²) in [5.41, 5.74) is 0.958. The van der Waals surface area contributed by atoms with Crippen LogP contribution < -0.4 is 0 Å². The molecule has 0 unspecified atom stereocenters. The summed E-state index contributed by atoms with van der Waals surface area (Å²) in [6, 6.07) is 0. The highest BCUT2D eigenvalue weighted by molar-refractivity contribution is 5.66. The predicted octanol–water partition coefficient (Wildman–Crippen LogP) is -0.110. The zero-order valence-electron chi connectivity index (χ0n) is 11.3. The Morgan fingerprint density at radius 3 is 2.79 bits per heavy atom. The molecule has 0 saturated carbocycles. The molecule has 0 radical (unpaired) electrons. The average Bonchev–Trinajstić information content (AvgIpc) is 2.79. The van der Waals surface area contributed by atoms with Gasteiger partial charge in [0, 0.05) is 51.9 Å². The highest BCUT2D eigenvalue weighted by atomic mass is 16.4. The summed E-state index contributed by atoms with van der Waals surface area (Å²) < 4.78 is 1.73. The highest BCUT2D eigenvalue weighted by Gasteiger charge is 2.15. The second-order valence-electron chi connectivity index (χ2n) is 5.05. The van der Waals surface area contributed by atoms with Crippen molar-refractivity contribution in [1.29, 1.82) is 0 Å². The van der Waals surface area contributed by atoms with Gasteiger partial charge < -0.3 is 10.0 Å². The van der Waals surface area contributed by atoms with Gasteiger partial charge in [-0.2, -0.15) is 0 Å². The number of hydrogen-bond acceptors (Lipinski definition) is 5. The van der Waals surface area contributed by atoms with Crippen molar-refractivity contribution in [2.45, 2.75) is 25.9 Å². The van der Waals surface area contributed by atoms with Gasteiger partial charge >= 0.3 is 5.97 Å². The third kappa shape index (κ3) is 4.60. The fourth-order valence-corrected chi connectivity index (χ4v) is 2.15. The van der Waals surface area contributed by atoms with E-state index < -0.39 is 5.97 Å². The van der Waals surface area contributed by atoms with Gasteiger partial charge in [-0.25, -0.2) is 0 Å². The lowest BCUT2D eigenvalue weighted by atomic mass is 10.3. The van der Waals surface area contributed by atoms with Gasteiger partial charge in [0.05, 0.1) is 5.69 Å². The molecule has 1 aliphatic heterocycles. The molecule has 0 atom stereocenters. The summed E-state index contributed by atoms with van der Waals surface area (Å²) in [5.74, 6) is -0.766. The summed E-state index contributed by atoms with van der Waals surface area (Å²) in [5, 5.41) is 16.7. The van der Waals surface area contributed by atoms with Crippen molar-refractivity contribution in [2.75, 3.05) is 33.2 Å². The number of aromatic nitrogens is 3. The third-order valence-electron chi connectivity index (χ3n) is 3.35. The van der Waals surface area contributed by atoms with Crippen LogP contribution in [0.1, 0.15) is 18.5 Å². The van der Waals surface area contributed by atoms with Crippen LogP contribution in [-0.2, 0) is 17.9 Å². The minimum Gasteiger partial charge on any atom is -0.481 e. The Morgan fingerprint density at radius 2 is 2.11 bits per heavy atom. The molecule has 106 valence electrons. The first-order chi connectivity index (χ1) is 9.13. The van der Waals surface area contributed by atoms with Crippen molar-refractivity contribution < 1.29 is 9.90 Å². The molecule has 1 fully saturated rings. The first-order valence-corrected chi connectivity index (χ1v) is 6.65. The Labute approximate surface area is 112 Å². The van der Waals surface area contributed by atoms with E-state index in [2.05, 4.69) is 27.2 Å². The molecule has 7 heteroatoms. The number of carboxylic acids is 1. The van der Waals surface area contributed by atoms with Gasteiger partial charge in [-0.15, -0.1) is 5.10 Å². The number of rotatable bonds is 6. The third-order valence-corrected chi connectivity index (χ3v) is 3.35. The van der Waals surface area contributed by atoms with Gasteiger partial charge in [-0.3, -0.25) is 14.4 Å². The van der Waals surface area contributed by atoms with Crippen molar-refractivity contribution in [3.8, 4) is 0 Å². The molecule has 0 aliphatic carbocycles. The molecule has 2 rings (SSSR count). The molecule has 0 bridgehead atoms. The van der Waals surface area contributed by atoms with E-state index in [4.69, 9.17) is 5.11 Å². The molecule has 1 saturated heterocycles. The number of carbonyl (C=O) groups is 1. The van der Waals surface area contributed by atoms with Gasteiger partial charge in [-0.05, 0) is 13.5 Å². The van der Waals surface area contributed by atoms with Crippen LogP contribution in [0, 0.1) is 0 Å². The first-order valence-electron chi connectivity index (χ1n) is 6.65. The van der Waals surface area contributed by atoms with E-state index in [0.717, 1.165) is 38.4 Å². The molecule has 1 aromatic rings. The second kappa shape index (κ2) is 6.63. The van der Waals surface area contributed by atoms with Crippen LogP contribution in [0.15, 0.2) is 6.20 Å². The molecule has 19 heavy (non-hydrogen) atoms. The molecular formula is C12H21N5O2. The van der Waals surface area contributed by atoms with Crippen LogP contribution in [0.4, 0.5) is 0 Å². The van der Waals surface area contributed by atoms with Crippen molar-refractivity contribution in [1.82, 2.24) is 24.8 Å². The largest absolute Gasteiger partial charge is 0.481 e. The van der Waals surface area contributed by atoms with Gasteiger partial charge in [-0.1, -0.05) is 5.21 Å². The minimum atomic E-state index is -0.766. The monoisotopic (exact) mass is 267 g/mol. The Bertz CT molecular complexity index is 412. The lowest BCUT2D eigenvalue weighted by molar-refractivity contribution is -0.137. The van der Waals surface area contributed by atoms with Crippen LogP contribution in [-0.4, -0.2) is 69.1 Å². The Morgan fingerprint density at radius 1 is 1.37 bits per heavy atom. The molecule has 1 aliphatic rings. The maximum Gasteiger partial charge on any atom is 0.303 e. The SMILES string of the molecule is CN1CCN(Cc2cn(CCCC(=O)O)nn2)CC1. The number of carboxylic acid groups (broad SMARTS) is 1. The predicted molar refractivity (Wildman–Crippen MR) is 69.7 cm³/mol. The highest BCUT2D eigenvalue weighted by Crippen LogP contribution is 2.05. The van der Waals surface area contributed by atoms with Crippen molar-refractivity contribution in [3.05, 3.63) is 11.9 Å². The van der Waals surface area contributed by atoms with Gasteiger partial charge in [0.15, 0.2) is 0 Å². The molecule has 0 amide bonds. The molecule has 1 N–H and O–H groups in total. The number of hydrogen-bond donors (Lipinski definition) is 1. The normalized spacial score (nSPS) is 17.7. The molecular weight excluding hydrogens is 246 g/mol. The maximum atomic E-state index is 10.4. The lowest BCUT2D eigenvalue weighted by Gasteiger charge is -2.31. The summed E-state index contributed by atoms with van der Waals surface area (Å²) in [7, 11) is 2.13. The Kier molecular flexibility index (Phi) is 4.86. The smallest absolute Gasteiger partial charge is 0.303 e. The number of aliphatic carboxylic acids is 1. The zero-order chi connectivity index (χ0) is 13.7. The second-order valence-corrected chi connectivity index (χ2v) is 5.05. The minimum absolute atomic E-state index is 0.174. The first kappa shape index (κ1) is 14.0. The molecule has 2 heterocycles. The van der Waals surface area contributed by atoms with E-state index >= 15 is 0 Å². The number of piperazine rings is 1. The van der Waals surface area contributed by atoms with Crippen molar-refractivity contribution in [2.24, 2.45) is 0 Å². The Balaban J connectivity index is 1.75. The topological polar surface area (TPSA) is 74.5 Å². The van der Waals surface area contributed by atoms with E-state index in [-0.39, 0.29) is 6.42 Å². The summed E-state index contributed by atoms with van der Waals surface area (Å²) >= 11 is 0. The average molecular weight is 267 g/mol. The van der Waals surface area contributed by atoms with Crippen LogP contribution in [0.3, 0.4) is 0 Å². The van der Waals surface area contributed by atoms with Gasteiger partial charge in [0.1, 0.15) is 0 Å². The molecule has 7 nitrogen and oxygen atoms in total. The zero-order valence-corrected chi connectivity index (χ0v) is 11.3. The van der Waals surface area contributed by atoms with Crippen LogP contribution in [0.25, 0.3) is 0 Å². The number of nitrogens with zero attached hydrogens (tertiary/aromatic N) is 5. The fourth-order valence-electron chi connectivity index (χ4n) is 2.15. The Hall–Kier alpha value is -1.47. The molecule has 0 aromatic carbocycles. The van der Waals surface area contributed by atoms with E-state index in [1.165, 1.54) is 0 Å². The van der Waals surface area contributed by atoms with Crippen LogP contribution in [0.5, 0.6) is 0 Å². The van der Waals surface area contributed by atoms with Gasteiger partial charge in [0.25, 0.3) is 0 Å². The summed E-state index contributed by atoms with van der Waals surface area (Å²) in [6.07, 6.45) is 2.68. The number of aryl methyl sites for hydroxylation is 1. The van der Waals surface area contributed by atoms with E-state index in [0.29, 0.717) is 13.0 Å². The molecule has 0 spiro atoms. The summed E-state index contributed by atoms with van der Waals surface area (Å²) in [6.45, 7) is 5.74. The van der Waals surface area contributed by atoms with E-state index in [1.807, 2.05) is 6.20 Å². The van der Waals surface area contributed by atoms with Crippen molar-refractivity contribution >= 4 is 5.97 Å². The van der Waals surface area contributed by atoms with Gasteiger partial charge in [0.2, 0.25) is 0 Å². The van der Waals surface area contributed by atoms with E-state index in [9.17, 15) is 4.79 Å². The fraction of sp³-hybridized carbons (Fsp3) is 0.750. The lowest BCUT2D eigenvalue weighted by Crippen LogP contribution is -2.43. The number of likely N-dealkylation sites (N-methyl/N-ethyl adjacent to an activating group) is 1. The standard InChI is InChI=1S/C12H21N5O2/c1-15-5-7-16(8-6-15)9-11-10-17(14-13-11)4-2-3-12(18)19/h10H,2-9H2,1H3,(H,18,19).